The summed E-state index contributed by atoms with van der Waals surface area (Å²) in [6, 6.07) is 36.5. The second-order valence-corrected chi connectivity index (χ2v) is 10.5. The highest BCUT2D eigenvalue weighted by molar-refractivity contribution is 7.71. The van der Waals surface area contributed by atoms with Crippen molar-refractivity contribution in [1.29, 1.82) is 0 Å². The summed E-state index contributed by atoms with van der Waals surface area (Å²) >= 11 is 0. The Labute approximate surface area is 199 Å². The van der Waals surface area contributed by atoms with E-state index in [-0.39, 0.29) is 0 Å². The third-order valence-electron chi connectivity index (χ3n) is 5.69. The van der Waals surface area contributed by atoms with Crippen molar-refractivity contribution in [2.45, 2.75) is 33.6 Å². The van der Waals surface area contributed by atoms with Gasteiger partial charge in [-0.2, -0.15) is 0 Å². The molecule has 0 heterocycles. The van der Waals surface area contributed by atoms with Crippen molar-refractivity contribution >= 4 is 30.2 Å². The molecule has 0 saturated carbocycles. The van der Waals surface area contributed by atoms with Crippen molar-refractivity contribution in [2.24, 2.45) is 4.99 Å². The Morgan fingerprint density at radius 3 is 1.82 bits per heavy atom. The first kappa shape index (κ1) is 23.0. The summed E-state index contributed by atoms with van der Waals surface area (Å²) in [7, 11) is -0.833. The van der Waals surface area contributed by atoms with Crippen LogP contribution in [-0.4, -0.2) is 5.84 Å². The Balaban J connectivity index is 1.87. The summed E-state index contributed by atoms with van der Waals surface area (Å²) in [5.41, 5.74) is 5.86. The molecule has 0 aliphatic heterocycles. The van der Waals surface area contributed by atoms with Crippen molar-refractivity contribution in [3.63, 3.8) is 0 Å². The quantitative estimate of drug-likeness (QED) is 0.188. The van der Waals surface area contributed by atoms with Gasteiger partial charge in [-0.15, -0.1) is 0 Å². The average Bonchev–Trinajstić information content (AvgIpc) is 2.84. The molecule has 0 fully saturated rings. The largest absolute Gasteiger partial charge is 0.341 e. The highest BCUT2D eigenvalue weighted by Crippen LogP contribution is 2.33. The summed E-state index contributed by atoms with van der Waals surface area (Å²) in [5.74, 6) is 1.30. The van der Waals surface area contributed by atoms with Crippen LogP contribution in [0, 0.1) is 13.8 Å². The maximum atomic E-state index is 5.29. The van der Waals surface area contributed by atoms with Gasteiger partial charge in [-0.25, -0.2) is 4.99 Å². The van der Waals surface area contributed by atoms with Gasteiger partial charge >= 0.3 is 0 Å². The van der Waals surface area contributed by atoms with E-state index in [1.54, 1.807) is 0 Å². The van der Waals surface area contributed by atoms with Gasteiger partial charge in [0.05, 0.1) is 13.8 Å². The summed E-state index contributed by atoms with van der Waals surface area (Å²) in [5, 5.41) is 6.42. The lowest BCUT2D eigenvalue weighted by atomic mass is 9.98. The van der Waals surface area contributed by atoms with Gasteiger partial charge in [-0.05, 0) is 30.9 Å². The summed E-state index contributed by atoms with van der Waals surface area (Å²) in [6.07, 6.45) is 0. The van der Waals surface area contributed by atoms with Crippen LogP contribution in [0.5, 0.6) is 0 Å². The standard InChI is InChI=1S/C30H31N2P/c1-22(2)28-17-11-12-24(4)29(28)31-30(25-20-18-23(3)19-21-25)32-33(26-13-7-5-8-14-26)27-15-9-6-10-16-27/h5-22H,1-4H3,(H,31,32). The fourth-order valence-corrected chi connectivity index (χ4v) is 5.70. The maximum Gasteiger partial charge on any atom is 0.137 e. The summed E-state index contributed by atoms with van der Waals surface area (Å²) < 4.78 is 0. The molecule has 0 atom stereocenters. The fourth-order valence-electron chi connectivity index (χ4n) is 3.82. The lowest BCUT2D eigenvalue weighted by Crippen LogP contribution is -2.29. The highest BCUT2D eigenvalue weighted by Gasteiger charge is 2.18. The number of benzene rings is 4. The van der Waals surface area contributed by atoms with Crippen LogP contribution >= 0.6 is 8.07 Å². The molecule has 1 N–H and O–H groups in total. The predicted molar refractivity (Wildman–Crippen MR) is 145 cm³/mol. The number of amidine groups is 1. The first-order valence-corrected chi connectivity index (χ1v) is 12.8. The van der Waals surface area contributed by atoms with Gasteiger partial charge < -0.3 is 5.09 Å². The molecule has 0 aliphatic rings. The van der Waals surface area contributed by atoms with Crippen molar-refractivity contribution in [3.8, 4) is 0 Å². The van der Waals surface area contributed by atoms with E-state index >= 15 is 0 Å². The maximum absolute atomic E-state index is 5.29. The second-order valence-electron chi connectivity index (χ2n) is 8.61. The molecule has 0 saturated heterocycles. The van der Waals surface area contributed by atoms with E-state index in [0.717, 1.165) is 17.1 Å². The Morgan fingerprint density at radius 1 is 0.697 bits per heavy atom. The van der Waals surface area contributed by atoms with E-state index in [2.05, 4.69) is 136 Å². The normalized spacial score (nSPS) is 11.8. The van der Waals surface area contributed by atoms with Crippen LogP contribution in [0.2, 0.25) is 0 Å². The van der Waals surface area contributed by atoms with Crippen molar-refractivity contribution < 1.29 is 0 Å². The van der Waals surface area contributed by atoms with E-state index in [1.165, 1.54) is 27.3 Å². The van der Waals surface area contributed by atoms with E-state index < -0.39 is 8.07 Å². The molecule has 0 aliphatic carbocycles. The topological polar surface area (TPSA) is 24.4 Å². The SMILES string of the molecule is Cc1ccc(/C(=N\c2c(C)cccc2C(C)C)NP(c2ccccc2)c2ccccc2)cc1. The Hall–Kier alpha value is -3.22. The molecule has 0 unspecified atom stereocenters. The van der Waals surface area contributed by atoms with Crippen LogP contribution in [0.4, 0.5) is 5.69 Å². The van der Waals surface area contributed by atoms with Crippen molar-refractivity contribution in [1.82, 2.24) is 5.09 Å². The predicted octanol–water partition coefficient (Wildman–Crippen LogP) is 7.14. The minimum Gasteiger partial charge on any atom is -0.341 e. The molecule has 4 aromatic rings. The number of hydrogen-bond acceptors (Lipinski definition) is 1. The van der Waals surface area contributed by atoms with Gasteiger partial charge in [0.2, 0.25) is 0 Å². The number of nitrogens with one attached hydrogen (secondary N) is 1. The van der Waals surface area contributed by atoms with Crippen LogP contribution < -0.4 is 15.7 Å². The molecule has 4 aromatic carbocycles. The number of aryl methyl sites for hydroxylation is 2. The average molecular weight is 451 g/mol. The third kappa shape index (κ3) is 5.59. The molecule has 0 bridgehead atoms. The number of rotatable bonds is 6. The minimum absolute atomic E-state index is 0.396. The third-order valence-corrected chi connectivity index (χ3v) is 7.75. The van der Waals surface area contributed by atoms with E-state index in [0.29, 0.717) is 5.92 Å². The van der Waals surface area contributed by atoms with Gasteiger partial charge in [0.25, 0.3) is 0 Å². The zero-order valence-electron chi connectivity index (χ0n) is 19.8. The lowest BCUT2D eigenvalue weighted by Gasteiger charge is -2.23. The zero-order valence-corrected chi connectivity index (χ0v) is 20.7. The number of para-hydroxylation sites is 1. The molecule has 0 aromatic heterocycles. The summed E-state index contributed by atoms with van der Waals surface area (Å²) in [4.78, 5) is 5.29. The molecule has 33 heavy (non-hydrogen) atoms. The Morgan fingerprint density at radius 2 is 1.27 bits per heavy atom. The Bertz CT molecular complexity index is 1170. The summed E-state index contributed by atoms with van der Waals surface area (Å²) in [6.45, 7) is 8.73. The van der Waals surface area contributed by atoms with Crippen LogP contribution in [-0.2, 0) is 0 Å². The molecule has 0 spiro atoms. The molecule has 166 valence electrons. The molecule has 4 rings (SSSR count). The van der Waals surface area contributed by atoms with Crippen LogP contribution in [0.15, 0.2) is 108 Å². The molecule has 3 heteroatoms. The van der Waals surface area contributed by atoms with E-state index in [9.17, 15) is 0 Å². The zero-order chi connectivity index (χ0) is 23.2. The lowest BCUT2D eigenvalue weighted by molar-refractivity contribution is 0.865. The fraction of sp³-hybridized carbons (Fsp3) is 0.167. The van der Waals surface area contributed by atoms with Gasteiger partial charge in [0.1, 0.15) is 5.84 Å². The van der Waals surface area contributed by atoms with Crippen molar-refractivity contribution in [3.05, 3.63) is 125 Å². The highest BCUT2D eigenvalue weighted by atomic mass is 31.1. The number of aliphatic imine (C=N–C) groups is 1. The first-order valence-electron chi connectivity index (χ1n) is 11.4. The minimum atomic E-state index is -0.833. The van der Waals surface area contributed by atoms with Gasteiger partial charge in [0, 0.05) is 16.2 Å². The molecular formula is C30H31N2P. The number of nitrogens with zero attached hydrogens (tertiary/aromatic N) is 1. The molecular weight excluding hydrogens is 419 g/mol. The molecule has 0 radical (unpaired) electrons. The van der Waals surface area contributed by atoms with Crippen LogP contribution in [0.1, 0.15) is 42.0 Å². The van der Waals surface area contributed by atoms with Crippen molar-refractivity contribution in [2.75, 3.05) is 0 Å². The van der Waals surface area contributed by atoms with E-state index in [1.807, 2.05) is 0 Å². The Kier molecular flexibility index (Phi) is 7.37. The van der Waals surface area contributed by atoms with Crippen LogP contribution in [0.3, 0.4) is 0 Å². The van der Waals surface area contributed by atoms with Gasteiger partial charge in [-0.1, -0.05) is 123 Å². The van der Waals surface area contributed by atoms with Gasteiger partial charge in [-0.3, -0.25) is 0 Å². The second kappa shape index (κ2) is 10.6. The van der Waals surface area contributed by atoms with Gasteiger partial charge in [0.15, 0.2) is 0 Å². The monoisotopic (exact) mass is 450 g/mol. The van der Waals surface area contributed by atoms with Crippen LogP contribution in [0.25, 0.3) is 0 Å². The first-order chi connectivity index (χ1) is 16.0. The molecule has 0 amide bonds. The van der Waals surface area contributed by atoms with E-state index in [4.69, 9.17) is 4.99 Å². The smallest absolute Gasteiger partial charge is 0.137 e. The number of hydrogen-bond donors (Lipinski definition) is 1. The molecule has 2 nitrogen and oxygen atoms in total.